The van der Waals surface area contributed by atoms with Crippen molar-refractivity contribution in [1.29, 1.82) is 0 Å². The maximum atomic E-state index is 12.4. The van der Waals surface area contributed by atoms with Crippen LogP contribution in [0.5, 0.6) is 0 Å². The molecule has 1 aromatic heterocycles. The molecule has 2 amide bonds. The van der Waals surface area contributed by atoms with Crippen molar-refractivity contribution in [1.82, 2.24) is 14.8 Å². The van der Waals surface area contributed by atoms with Crippen LogP contribution in [0.15, 0.2) is 23.4 Å². The second kappa shape index (κ2) is 8.84. The zero-order valence-electron chi connectivity index (χ0n) is 15.6. The van der Waals surface area contributed by atoms with Gasteiger partial charge in [-0.15, -0.1) is 10.2 Å². The van der Waals surface area contributed by atoms with Gasteiger partial charge in [0.25, 0.3) is 0 Å². The van der Waals surface area contributed by atoms with E-state index in [-0.39, 0.29) is 24.0 Å². The lowest BCUT2D eigenvalue weighted by Gasteiger charge is -2.16. The number of carbonyl (C=O) groups is 2. The second-order valence-corrected chi connectivity index (χ2v) is 7.40. The van der Waals surface area contributed by atoms with E-state index in [0.29, 0.717) is 23.3 Å². The highest BCUT2D eigenvalue weighted by molar-refractivity contribution is 7.99. The zero-order chi connectivity index (χ0) is 19.3. The van der Waals surface area contributed by atoms with E-state index >= 15 is 0 Å². The van der Waals surface area contributed by atoms with Crippen LogP contribution in [-0.4, -0.2) is 32.3 Å². The first-order valence-electron chi connectivity index (χ1n) is 8.48. The molecule has 0 saturated carbocycles. The number of para-hydroxylation sites is 1. The number of hydrogen-bond acceptors (Lipinski definition) is 5. The van der Waals surface area contributed by atoms with Crippen molar-refractivity contribution in [2.75, 3.05) is 11.1 Å². The molecule has 26 heavy (non-hydrogen) atoms. The Labute approximate surface area is 157 Å². The summed E-state index contributed by atoms with van der Waals surface area (Å²) in [6.45, 7) is 6.20. The monoisotopic (exact) mass is 375 g/mol. The fourth-order valence-electron chi connectivity index (χ4n) is 2.57. The van der Waals surface area contributed by atoms with Gasteiger partial charge < -0.3 is 15.6 Å². The number of nitrogens with zero attached hydrogens (tertiary/aromatic N) is 3. The number of aryl methyl sites for hydroxylation is 2. The quantitative estimate of drug-likeness (QED) is 0.690. The molecule has 1 aromatic carbocycles. The van der Waals surface area contributed by atoms with E-state index in [1.54, 1.807) is 4.57 Å². The fourth-order valence-corrected chi connectivity index (χ4v) is 3.30. The van der Waals surface area contributed by atoms with E-state index in [1.807, 2.05) is 32.2 Å². The predicted octanol–water partition coefficient (Wildman–Crippen LogP) is 2.40. The Morgan fingerprint density at radius 2 is 2.04 bits per heavy atom. The molecule has 2 aromatic rings. The van der Waals surface area contributed by atoms with Crippen LogP contribution in [0.1, 0.15) is 43.1 Å². The third-order valence-electron chi connectivity index (χ3n) is 4.04. The third-order valence-corrected chi connectivity index (χ3v) is 5.06. The Morgan fingerprint density at radius 3 is 2.69 bits per heavy atom. The number of hydrogen-bond donors (Lipinski definition) is 2. The molecule has 2 rings (SSSR count). The number of carbonyl (C=O) groups excluding carboxylic acids is 2. The largest absolute Gasteiger partial charge is 0.370 e. The van der Waals surface area contributed by atoms with E-state index in [1.165, 1.54) is 11.8 Å². The minimum Gasteiger partial charge on any atom is -0.370 e. The van der Waals surface area contributed by atoms with Crippen molar-refractivity contribution in [3.05, 3.63) is 35.2 Å². The third kappa shape index (κ3) is 5.08. The standard InChI is InChI=1S/C18H25N5O2S/c1-11(2)13-7-5-6-12(3)17(13)20-16(25)10-26-18-22-21-15(23(18)4)9-8-14(19)24/h5-7,11H,8-10H2,1-4H3,(H2,19,24)(H,20,25). The van der Waals surface area contributed by atoms with Gasteiger partial charge in [0.05, 0.1) is 5.75 Å². The number of benzene rings is 1. The highest BCUT2D eigenvalue weighted by Gasteiger charge is 2.15. The summed E-state index contributed by atoms with van der Waals surface area (Å²) >= 11 is 1.31. The molecule has 0 aliphatic carbocycles. The Kier molecular flexibility index (Phi) is 6.79. The first-order chi connectivity index (χ1) is 12.3. The van der Waals surface area contributed by atoms with E-state index in [4.69, 9.17) is 5.73 Å². The average Bonchev–Trinajstić information content (AvgIpc) is 2.92. The molecular weight excluding hydrogens is 350 g/mol. The van der Waals surface area contributed by atoms with Gasteiger partial charge in [-0.1, -0.05) is 43.8 Å². The molecule has 0 unspecified atom stereocenters. The number of amides is 2. The van der Waals surface area contributed by atoms with Crippen molar-refractivity contribution >= 4 is 29.3 Å². The van der Waals surface area contributed by atoms with Gasteiger partial charge >= 0.3 is 0 Å². The van der Waals surface area contributed by atoms with Gasteiger partial charge in [-0.05, 0) is 24.0 Å². The molecule has 0 atom stereocenters. The molecule has 0 fully saturated rings. The van der Waals surface area contributed by atoms with Crippen LogP contribution in [0, 0.1) is 6.92 Å². The first-order valence-corrected chi connectivity index (χ1v) is 9.47. The maximum Gasteiger partial charge on any atom is 0.234 e. The molecule has 8 heteroatoms. The van der Waals surface area contributed by atoms with E-state index in [9.17, 15) is 9.59 Å². The van der Waals surface area contributed by atoms with Crippen molar-refractivity contribution < 1.29 is 9.59 Å². The summed E-state index contributed by atoms with van der Waals surface area (Å²) in [4.78, 5) is 23.3. The summed E-state index contributed by atoms with van der Waals surface area (Å²) in [6.07, 6.45) is 0.662. The molecule has 0 spiro atoms. The number of rotatable bonds is 8. The highest BCUT2D eigenvalue weighted by atomic mass is 32.2. The minimum absolute atomic E-state index is 0.0899. The maximum absolute atomic E-state index is 12.4. The van der Waals surface area contributed by atoms with Crippen LogP contribution in [0.4, 0.5) is 5.69 Å². The summed E-state index contributed by atoms with van der Waals surface area (Å²) in [5, 5.41) is 11.8. The Balaban J connectivity index is 1.99. The van der Waals surface area contributed by atoms with Crippen LogP contribution >= 0.6 is 11.8 Å². The fraction of sp³-hybridized carbons (Fsp3) is 0.444. The van der Waals surface area contributed by atoms with Crippen molar-refractivity contribution in [3.63, 3.8) is 0 Å². The predicted molar refractivity (Wildman–Crippen MR) is 103 cm³/mol. The SMILES string of the molecule is Cc1cccc(C(C)C)c1NC(=O)CSc1nnc(CCC(N)=O)n1C. The van der Waals surface area contributed by atoms with E-state index in [2.05, 4.69) is 29.4 Å². The normalized spacial score (nSPS) is 11.0. The summed E-state index contributed by atoms with van der Waals surface area (Å²) in [5.74, 6) is 0.763. The van der Waals surface area contributed by atoms with E-state index in [0.717, 1.165) is 16.8 Å². The zero-order valence-corrected chi connectivity index (χ0v) is 16.4. The summed E-state index contributed by atoms with van der Waals surface area (Å²) in [7, 11) is 1.81. The molecule has 140 valence electrons. The van der Waals surface area contributed by atoms with E-state index < -0.39 is 0 Å². The molecule has 1 heterocycles. The van der Waals surface area contributed by atoms with Crippen LogP contribution in [0.25, 0.3) is 0 Å². The topological polar surface area (TPSA) is 103 Å². The molecular formula is C18H25N5O2S. The molecule has 3 N–H and O–H groups in total. The number of primary amides is 1. The molecule has 7 nitrogen and oxygen atoms in total. The lowest BCUT2D eigenvalue weighted by atomic mass is 9.98. The van der Waals surface area contributed by atoms with Gasteiger partial charge in [-0.25, -0.2) is 0 Å². The number of nitrogens with two attached hydrogens (primary N) is 1. The highest BCUT2D eigenvalue weighted by Crippen LogP contribution is 2.27. The van der Waals surface area contributed by atoms with Gasteiger partial charge in [0.1, 0.15) is 5.82 Å². The number of thioether (sulfide) groups is 1. The Hall–Kier alpha value is -2.35. The molecule has 0 saturated heterocycles. The van der Waals surface area contributed by atoms with Crippen LogP contribution in [0.2, 0.25) is 0 Å². The summed E-state index contributed by atoms with van der Waals surface area (Å²) in [5.41, 5.74) is 8.21. The molecule has 0 aliphatic rings. The lowest BCUT2D eigenvalue weighted by Crippen LogP contribution is -2.17. The van der Waals surface area contributed by atoms with Crippen LogP contribution < -0.4 is 11.1 Å². The van der Waals surface area contributed by atoms with Crippen LogP contribution in [0.3, 0.4) is 0 Å². The summed E-state index contributed by atoms with van der Waals surface area (Å²) in [6, 6.07) is 6.03. The van der Waals surface area contributed by atoms with Gasteiger partial charge in [0.15, 0.2) is 5.16 Å². The number of nitrogens with one attached hydrogen (secondary N) is 1. The van der Waals surface area contributed by atoms with Crippen molar-refractivity contribution in [2.24, 2.45) is 12.8 Å². The lowest BCUT2D eigenvalue weighted by molar-refractivity contribution is -0.118. The Bertz CT molecular complexity index is 801. The van der Waals surface area contributed by atoms with Gasteiger partial charge in [0, 0.05) is 25.6 Å². The van der Waals surface area contributed by atoms with Gasteiger partial charge in [-0.2, -0.15) is 0 Å². The minimum atomic E-state index is -0.374. The first kappa shape index (κ1) is 20.0. The van der Waals surface area contributed by atoms with Gasteiger partial charge in [-0.3, -0.25) is 9.59 Å². The van der Waals surface area contributed by atoms with Crippen molar-refractivity contribution in [3.8, 4) is 0 Å². The smallest absolute Gasteiger partial charge is 0.234 e. The summed E-state index contributed by atoms with van der Waals surface area (Å²) < 4.78 is 1.79. The van der Waals surface area contributed by atoms with Crippen molar-refractivity contribution in [2.45, 2.75) is 44.7 Å². The van der Waals surface area contributed by atoms with Gasteiger partial charge in [0.2, 0.25) is 11.8 Å². The molecule has 0 bridgehead atoms. The molecule has 0 radical (unpaired) electrons. The van der Waals surface area contributed by atoms with Crippen LogP contribution in [-0.2, 0) is 23.1 Å². The molecule has 0 aliphatic heterocycles. The average molecular weight is 375 g/mol. The second-order valence-electron chi connectivity index (χ2n) is 6.45. The number of aromatic nitrogens is 3. The Morgan fingerprint density at radius 1 is 1.31 bits per heavy atom. The number of anilines is 1.